The number of hydrogen-bond acceptors (Lipinski definition) is 3. The van der Waals surface area contributed by atoms with Gasteiger partial charge in [-0.15, -0.1) is 0 Å². The first kappa shape index (κ1) is 17.6. The molecule has 0 bridgehead atoms. The van der Waals surface area contributed by atoms with E-state index in [0.717, 1.165) is 28.0 Å². The normalized spacial score (nSPS) is 16.8. The van der Waals surface area contributed by atoms with Gasteiger partial charge in [0.15, 0.2) is 4.32 Å². The van der Waals surface area contributed by atoms with Crippen molar-refractivity contribution >= 4 is 46.0 Å². The fourth-order valence-electron chi connectivity index (χ4n) is 2.70. The molecule has 0 spiro atoms. The first-order valence-corrected chi connectivity index (χ1v) is 9.27. The topological polar surface area (TPSA) is 20.3 Å². The van der Waals surface area contributed by atoms with E-state index in [4.69, 9.17) is 12.2 Å². The largest absolute Gasteiger partial charge is 0.270 e. The highest BCUT2D eigenvalue weighted by molar-refractivity contribution is 8.27. The summed E-state index contributed by atoms with van der Waals surface area (Å²) in [6, 6.07) is 16.1. The summed E-state index contributed by atoms with van der Waals surface area (Å²) < 4.78 is 0.581. The van der Waals surface area contributed by atoms with Gasteiger partial charge in [-0.2, -0.15) is 0 Å². The van der Waals surface area contributed by atoms with E-state index in [0.29, 0.717) is 9.23 Å². The second-order valence-corrected chi connectivity index (χ2v) is 7.78. The third-order valence-corrected chi connectivity index (χ3v) is 5.25. The van der Waals surface area contributed by atoms with Crippen LogP contribution in [0.15, 0.2) is 65.1 Å². The molecular weight excluding hydrogens is 346 g/mol. The zero-order valence-corrected chi connectivity index (χ0v) is 16.1. The maximum absolute atomic E-state index is 12.9. The Morgan fingerprint density at radius 3 is 2.56 bits per heavy atom. The minimum atomic E-state index is -0.0514. The number of thiocarbonyl (C=S) groups is 1. The lowest BCUT2D eigenvalue weighted by Crippen LogP contribution is -2.28. The molecule has 1 fully saturated rings. The fourth-order valence-corrected chi connectivity index (χ4v) is 4.03. The van der Waals surface area contributed by atoms with Gasteiger partial charge in [-0.3, -0.25) is 9.69 Å². The van der Waals surface area contributed by atoms with Gasteiger partial charge in [0.1, 0.15) is 0 Å². The van der Waals surface area contributed by atoms with Crippen molar-refractivity contribution in [2.24, 2.45) is 0 Å². The van der Waals surface area contributed by atoms with Crippen molar-refractivity contribution in [2.75, 3.05) is 4.90 Å². The van der Waals surface area contributed by atoms with Crippen LogP contribution in [-0.4, -0.2) is 10.2 Å². The number of aryl methyl sites for hydroxylation is 2. The minimum absolute atomic E-state index is 0.0514. The zero-order chi connectivity index (χ0) is 18.0. The number of rotatable bonds is 3. The Bertz CT molecular complexity index is 897. The molecule has 0 saturated carbocycles. The number of carbonyl (C=O) groups is 1. The number of nitrogens with zero attached hydrogens (tertiary/aromatic N) is 1. The van der Waals surface area contributed by atoms with Gasteiger partial charge >= 0.3 is 0 Å². The molecule has 4 heteroatoms. The molecule has 1 amide bonds. The average Bonchev–Trinajstić information content (AvgIpc) is 2.84. The number of benzene rings is 2. The van der Waals surface area contributed by atoms with Crippen molar-refractivity contribution in [3.05, 3.63) is 81.8 Å². The smallest absolute Gasteiger partial charge is 0.268 e. The summed E-state index contributed by atoms with van der Waals surface area (Å²) >= 11 is 6.83. The van der Waals surface area contributed by atoms with Gasteiger partial charge in [0, 0.05) is 0 Å². The molecule has 25 heavy (non-hydrogen) atoms. The van der Waals surface area contributed by atoms with E-state index in [1.807, 2.05) is 75.4 Å². The number of thioether (sulfide) groups is 1. The van der Waals surface area contributed by atoms with Crippen LogP contribution in [0.5, 0.6) is 0 Å². The molecular formula is C21H19NOS2. The fraction of sp³-hybridized carbons (Fsp3) is 0.143. The number of carbonyl (C=O) groups excluding carboxylic acids is 1. The molecule has 0 atom stereocenters. The molecule has 2 aromatic rings. The summed E-state index contributed by atoms with van der Waals surface area (Å²) in [4.78, 5) is 15.2. The SMILES string of the molecule is CC(=Cc1ccccc1)C=C1SC(=S)N(c2cc(C)ccc2C)C1=O. The van der Waals surface area contributed by atoms with Crippen LogP contribution in [0, 0.1) is 13.8 Å². The second kappa shape index (κ2) is 7.38. The third kappa shape index (κ3) is 3.91. The van der Waals surface area contributed by atoms with Gasteiger partial charge in [-0.05, 0) is 55.2 Å². The monoisotopic (exact) mass is 365 g/mol. The van der Waals surface area contributed by atoms with E-state index in [1.165, 1.54) is 11.8 Å². The Balaban J connectivity index is 1.91. The van der Waals surface area contributed by atoms with E-state index >= 15 is 0 Å². The van der Waals surface area contributed by atoms with Crippen LogP contribution in [0.3, 0.4) is 0 Å². The molecule has 1 aliphatic heterocycles. The summed E-state index contributed by atoms with van der Waals surface area (Å²) in [6.07, 6.45) is 3.97. The van der Waals surface area contributed by atoms with Crippen molar-refractivity contribution in [3.8, 4) is 0 Å². The van der Waals surface area contributed by atoms with Gasteiger partial charge in [0.2, 0.25) is 0 Å². The van der Waals surface area contributed by atoms with Crippen LogP contribution in [0.2, 0.25) is 0 Å². The predicted octanol–water partition coefficient (Wildman–Crippen LogP) is 5.66. The average molecular weight is 366 g/mol. The Morgan fingerprint density at radius 1 is 1.12 bits per heavy atom. The quantitative estimate of drug-likeness (QED) is 0.517. The van der Waals surface area contributed by atoms with Crippen molar-refractivity contribution in [1.82, 2.24) is 0 Å². The lowest BCUT2D eigenvalue weighted by atomic mass is 10.1. The van der Waals surface area contributed by atoms with Crippen LogP contribution in [0.25, 0.3) is 6.08 Å². The number of allylic oxidation sites excluding steroid dienone is 2. The van der Waals surface area contributed by atoms with Crippen LogP contribution < -0.4 is 4.90 Å². The van der Waals surface area contributed by atoms with Gasteiger partial charge in [-0.25, -0.2) is 0 Å². The Morgan fingerprint density at radius 2 is 1.84 bits per heavy atom. The summed E-state index contributed by atoms with van der Waals surface area (Å²) in [5.41, 5.74) is 5.16. The van der Waals surface area contributed by atoms with E-state index in [-0.39, 0.29) is 5.91 Å². The van der Waals surface area contributed by atoms with Crippen molar-refractivity contribution in [2.45, 2.75) is 20.8 Å². The Kier molecular flexibility index (Phi) is 5.21. The third-order valence-electron chi connectivity index (χ3n) is 3.95. The van der Waals surface area contributed by atoms with E-state index in [2.05, 4.69) is 6.08 Å². The Hall–Kier alpha value is -2.17. The molecule has 0 aromatic heterocycles. The predicted molar refractivity (Wildman–Crippen MR) is 112 cm³/mol. The summed E-state index contributed by atoms with van der Waals surface area (Å²) in [5, 5.41) is 0. The van der Waals surface area contributed by atoms with E-state index in [1.54, 1.807) is 4.90 Å². The van der Waals surface area contributed by atoms with Gasteiger partial charge in [0.25, 0.3) is 5.91 Å². The maximum atomic E-state index is 12.9. The summed E-state index contributed by atoms with van der Waals surface area (Å²) in [5.74, 6) is -0.0514. The van der Waals surface area contributed by atoms with Crippen molar-refractivity contribution in [3.63, 3.8) is 0 Å². The zero-order valence-electron chi connectivity index (χ0n) is 14.4. The van der Waals surface area contributed by atoms with Crippen molar-refractivity contribution < 1.29 is 4.79 Å². The van der Waals surface area contributed by atoms with E-state index in [9.17, 15) is 4.79 Å². The lowest BCUT2D eigenvalue weighted by Gasteiger charge is -2.17. The molecule has 1 heterocycles. The maximum Gasteiger partial charge on any atom is 0.270 e. The molecule has 2 aromatic carbocycles. The van der Waals surface area contributed by atoms with Crippen molar-refractivity contribution in [1.29, 1.82) is 0 Å². The highest BCUT2D eigenvalue weighted by Gasteiger charge is 2.34. The molecule has 1 aliphatic rings. The molecule has 1 saturated heterocycles. The molecule has 0 N–H and O–H groups in total. The highest BCUT2D eigenvalue weighted by Crippen LogP contribution is 2.37. The lowest BCUT2D eigenvalue weighted by molar-refractivity contribution is -0.113. The second-order valence-electron chi connectivity index (χ2n) is 6.11. The van der Waals surface area contributed by atoms with Crippen LogP contribution in [0.4, 0.5) is 5.69 Å². The molecule has 3 rings (SSSR count). The van der Waals surface area contributed by atoms with Gasteiger partial charge in [-0.1, -0.05) is 72.5 Å². The minimum Gasteiger partial charge on any atom is -0.268 e. The van der Waals surface area contributed by atoms with E-state index < -0.39 is 0 Å². The first-order chi connectivity index (χ1) is 12.0. The molecule has 0 unspecified atom stereocenters. The van der Waals surface area contributed by atoms with Crippen LogP contribution >= 0.6 is 24.0 Å². The molecule has 0 aliphatic carbocycles. The number of hydrogen-bond donors (Lipinski definition) is 0. The van der Waals surface area contributed by atoms with Gasteiger partial charge in [0.05, 0.1) is 10.6 Å². The van der Waals surface area contributed by atoms with Crippen LogP contribution in [-0.2, 0) is 4.79 Å². The molecule has 126 valence electrons. The van der Waals surface area contributed by atoms with Crippen LogP contribution in [0.1, 0.15) is 23.6 Å². The number of anilines is 1. The Labute approximate surface area is 158 Å². The molecule has 0 radical (unpaired) electrons. The number of amides is 1. The highest BCUT2D eigenvalue weighted by atomic mass is 32.2. The molecule has 2 nitrogen and oxygen atoms in total. The summed E-state index contributed by atoms with van der Waals surface area (Å²) in [6.45, 7) is 6.01. The standard InChI is InChI=1S/C21H19NOS2/c1-14-9-10-16(3)18(12-14)22-20(23)19(25-21(22)24)13-15(2)11-17-7-5-4-6-8-17/h4-13H,1-3H3. The first-order valence-electron chi connectivity index (χ1n) is 8.04. The summed E-state index contributed by atoms with van der Waals surface area (Å²) in [7, 11) is 0. The van der Waals surface area contributed by atoms with Gasteiger partial charge < -0.3 is 0 Å².